The largest absolute Gasteiger partial charge is 0.349 e. The standard InChI is InChI=1S/C20H32N2O/c1-18(2,3)15-10-8-14(9-11-15)17(23)21-16-12-19(4,5)22-20(6,7)13-16/h8-11,16,22H,12-13H2,1-7H3,(H,21,23). The Kier molecular flexibility index (Phi) is 4.64. The average molecular weight is 316 g/mol. The SMILES string of the molecule is CC1(C)CC(NC(=O)c2ccc(C(C)(C)C)cc2)CC(C)(C)N1. The molecule has 3 heteroatoms. The third kappa shape index (κ3) is 4.81. The molecule has 0 spiro atoms. The van der Waals surface area contributed by atoms with Gasteiger partial charge in [0.2, 0.25) is 0 Å². The Labute approximate surface area is 141 Å². The number of hydrogen-bond donors (Lipinski definition) is 2. The lowest BCUT2D eigenvalue weighted by Gasteiger charge is -2.46. The molecule has 0 atom stereocenters. The summed E-state index contributed by atoms with van der Waals surface area (Å²) < 4.78 is 0. The second-order valence-corrected chi connectivity index (χ2v) is 9.30. The van der Waals surface area contributed by atoms with E-state index in [1.165, 1.54) is 5.56 Å². The summed E-state index contributed by atoms with van der Waals surface area (Å²) in [7, 11) is 0. The van der Waals surface area contributed by atoms with Crippen molar-refractivity contribution >= 4 is 5.91 Å². The van der Waals surface area contributed by atoms with Crippen LogP contribution >= 0.6 is 0 Å². The summed E-state index contributed by atoms with van der Waals surface area (Å²) >= 11 is 0. The van der Waals surface area contributed by atoms with Crippen LogP contribution in [0.5, 0.6) is 0 Å². The van der Waals surface area contributed by atoms with E-state index >= 15 is 0 Å². The summed E-state index contributed by atoms with van der Waals surface area (Å²) in [5.74, 6) is 0.0314. The fourth-order valence-electron chi connectivity index (χ4n) is 3.81. The maximum absolute atomic E-state index is 12.6. The molecule has 1 heterocycles. The molecule has 1 aromatic carbocycles. The normalized spacial score (nSPS) is 21.0. The molecule has 0 saturated carbocycles. The minimum atomic E-state index is 0.0314. The van der Waals surface area contributed by atoms with E-state index in [-0.39, 0.29) is 28.4 Å². The first-order valence-electron chi connectivity index (χ1n) is 8.59. The van der Waals surface area contributed by atoms with Crippen LogP contribution in [0.1, 0.15) is 77.2 Å². The Morgan fingerprint density at radius 3 is 1.96 bits per heavy atom. The fraction of sp³-hybridized carbons (Fsp3) is 0.650. The summed E-state index contributed by atoms with van der Waals surface area (Å²) in [6, 6.07) is 8.20. The summed E-state index contributed by atoms with van der Waals surface area (Å²) in [6.07, 6.45) is 1.89. The van der Waals surface area contributed by atoms with E-state index in [2.05, 4.69) is 71.2 Å². The number of nitrogens with one attached hydrogen (secondary N) is 2. The molecule has 1 amide bonds. The highest BCUT2D eigenvalue weighted by atomic mass is 16.1. The van der Waals surface area contributed by atoms with Gasteiger partial charge in [-0.15, -0.1) is 0 Å². The lowest BCUT2D eigenvalue weighted by Crippen LogP contribution is -2.62. The van der Waals surface area contributed by atoms with E-state index in [0.29, 0.717) is 0 Å². The van der Waals surface area contributed by atoms with Crippen LogP contribution in [0, 0.1) is 0 Å². The first kappa shape index (κ1) is 18.0. The Bertz CT molecular complexity index is 548. The van der Waals surface area contributed by atoms with Gasteiger partial charge in [-0.05, 0) is 63.6 Å². The average Bonchev–Trinajstić information content (AvgIpc) is 2.33. The van der Waals surface area contributed by atoms with Crippen LogP contribution in [0.15, 0.2) is 24.3 Å². The molecular formula is C20H32N2O. The summed E-state index contributed by atoms with van der Waals surface area (Å²) in [4.78, 5) is 12.6. The number of carbonyl (C=O) groups is 1. The highest BCUT2D eigenvalue weighted by molar-refractivity contribution is 5.94. The molecule has 0 radical (unpaired) electrons. The number of carbonyl (C=O) groups excluding carboxylic acids is 1. The molecule has 2 N–H and O–H groups in total. The smallest absolute Gasteiger partial charge is 0.251 e. The third-order valence-corrected chi connectivity index (χ3v) is 4.54. The minimum absolute atomic E-state index is 0.0314. The third-order valence-electron chi connectivity index (χ3n) is 4.54. The van der Waals surface area contributed by atoms with Crippen LogP contribution in [0.3, 0.4) is 0 Å². The van der Waals surface area contributed by atoms with E-state index in [9.17, 15) is 4.79 Å². The molecule has 1 fully saturated rings. The first-order chi connectivity index (χ1) is 10.4. The molecule has 23 heavy (non-hydrogen) atoms. The van der Waals surface area contributed by atoms with Crippen molar-refractivity contribution in [3.05, 3.63) is 35.4 Å². The van der Waals surface area contributed by atoms with Gasteiger partial charge in [-0.1, -0.05) is 32.9 Å². The Morgan fingerprint density at radius 1 is 1.04 bits per heavy atom. The topological polar surface area (TPSA) is 41.1 Å². The monoisotopic (exact) mass is 316 g/mol. The van der Waals surface area contributed by atoms with Gasteiger partial charge < -0.3 is 10.6 Å². The number of amides is 1. The molecular weight excluding hydrogens is 284 g/mol. The molecule has 1 aromatic rings. The number of rotatable bonds is 2. The van der Waals surface area contributed by atoms with Crippen molar-refractivity contribution in [3.63, 3.8) is 0 Å². The van der Waals surface area contributed by atoms with Crippen LogP contribution in [-0.2, 0) is 5.41 Å². The van der Waals surface area contributed by atoms with Crippen LogP contribution in [0.2, 0.25) is 0 Å². The highest BCUT2D eigenvalue weighted by Gasteiger charge is 2.38. The van der Waals surface area contributed by atoms with Gasteiger partial charge in [0.25, 0.3) is 5.91 Å². The first-order valence-corrected chi connectivity index (χ1v) is 8.59. The summed E-state index contributed by atoms with van der Waals surface area (Å²) in [5, 5.41) is 6.87. The molecule has 1 saturated heterocycles. The number of piperidine rings is 1. The van der Waals surface area contributed by atoms with E-state index in [4.69, 9.17) is 0 Å². The molecule has 0 aromatic heterocycles. The predicted molar refractivity (Wildman–Crippen MR) is 96.9 cm³/mol. The van der Waals surface area contributed by atoms with Crippen molar-refractivity contribution in [2.75, 3.05) is 0 Å². The predicted octanol–water partition coefficient (Wildman–Crippen LogP) is 4.02. The van der Waals surface area contributed by atoms with E-state index in [1.54, 1.807) is 0 Å². The number of hydrogen-bond acceptors (Lipinski definition) is 2. The molecule has 1 aliphatic heterocycles. The molecule has 3 nitrogen and oxygen atoms in total. The maximum Gasteiger partial charge on any atom is 0.251 e. The molecule has 1 aliphatic rings. The van der Waals surface area contributed by atoms with Crippen molar-refractivity contribution in [3.8, 4) is 0 Å². The van der Waals surface area contributed by atoms with Crippen molar-refractivity contribution in [1.29, 1.82) is 0 Å². The number of benzene rings is 1. The molecule has 0 aliphatic carbocycles. The van der Waals surface area contributed by atoms with Crippen molar-refractivity contribution in [1.82, 2.24) is 10.6 Å². The van der Waals surface area contributed by atoms with Crippen LogP contribution in [0.25, 0.3) is 0 Å². The Hall–Kier alpha value is -1.35. The lowest BCUT2D eigenvalue weighted by molar-refractivity contribution is 0.0873. The lowest BCUT2D eigenvalue weighted by atomic mass is 9.79. The summed E-state index contributed by atoms with van der Waals surface area (Å²) in [6.45, 7) is 15.3. The van der Waals surface area contributed by atoms with Crippen molar-refractivity contribution in [2.24, 2.45) is 0 Å². The van der Waals surface area contributed by atoms with Gasteiger partial charge in [-0.2, -0.15) is 0 Å². The molecule has 0 bridgehead atoms. The van der Waals surface area contributed by atoms with Gasteiger partial charge >= 0.3 is 0 Å². The highest BCUT2D eigenvalue weighted by Crippen LogP contribution is 2.29. The zero-order chi connectivity index (χ0) is 17.5. The maximum atomic E-state index is 12.6. The fourth-order valence-corrected chi connectivity index (χ4v) is 3.81. The minimum Gasteiger partial charge on any atom is -0.349 e. The second kappa shape index (κ2) is 5.94. The zero-order valence-corrected chi connectivity index (χ0v) is 15.7. The molecule has 2 rings (SSSR count). The Balaban J connectivity index is 2.07. The second-order valence-electron chi connectivity index (χ2n) is 9.30. The van der Waals surface area contributed by atoms with E-state index in [0.717, 1.165) is 18.4 Å². The zero-order valence-electron chi connectivity index (χ0n) is 15.7. The summed E-state index contributed by atoms with van der Waals surface area (Å²) in [5.41, 5.74) is 2.18. The van der Waals surface area contributed by atoms with Gasteiger partial charge in [-0.25, -0.2) is 0 Å². The van der Waals surface area contributed by atoms with E-state index < -0.39 is 0 Å². The van der Waals surface area contributed by atoms with Crippen molar-refractivity contribution in [2.45, 2.75) is 83.8 Å². The molecule has 0 unspecified atom stereocenters. The van der Waals surface area contributed by atoms with Gasteiger partial charge in [0.05, 0.1) is 0 Å². The Morgan fingerprint density at radius 2 is 1.52 bits per heavy atom. The van der Waals surface area contributed by atoms with Crippen molar-refractivity contribution < 1.29 is 4.79 Å². The van der Waals surface area contributed by atoms with Crippen LogP contribution in [-0.4, -0.2) is 23.0 Å². The molecule has 128 valence electrons. The van der Waals surface area contributed by atoms with Crippen LogP contribution < -0.4 is 10.6 Å². The quantitative estimate of drug-likeness (QED) is 0.865. The van der Waals surface area contributed by atoms with Gasteiger partial charge in [0.1, 0.15) is 0 Å². The van der Waals surface area contributed by atoms with Gasteiger partial charge in [-0.3, -0.25) is 4.79 Å². The van der Waals surface area contributed by atoms with Gasteiger partial charge in [0, 0.05) is 22.7 Å². The van der Waals surface area contributed by atoms with E-state index in [1.807, 2.05) is 12.1 Å². The van der Waals surface area contributed by atoms with Crippen LogP contribution in [0.4, 0.5) is 0 Å². The van der Waals surface area contributed by atoms with Gasteiger partial charge in [0.15, 0.2) is 0 Å².